The average Bonchev–Trinajstić information content (AvgIpc) is 3.08. The van der Waals surface area contributed by atoms with Crippen molar-refractivity contribution in [3.63, 3.8) is 0 Å². The number of amides is 1. The Morgan fingerprint density at radius 3 is 2.46 bits per heavy atom. The van der Waals surface area contributed by atoms with Crippen LogP contribution in [0.3, 0.4) is 0 Å². The summed E-state index contributed by atoms with van der Waals surface area (Å²) in [6, 6.07) is 6.06. The van der Waals surface area contributed by atoms with Crippen LogP contribution in [0.1, 0.15) is 47.3 Å². The molecule has 1 aliphatic carbocycles. The summed E-state index contributed by atoms with van der Waals surface area (Å²) in [6.45, 7) is 1.75. The van der Waals surface area contributed by atoms with Crippen molar-refractivity contribution < 1.29 is 27.9 Å². The normalized spacial score (nSPS) is 20.0. The van der Waals surface area contributed by atoms with Crippen molar-refractivity contribution in [2.75, 3.05) is 0 Å². The minimum atomic E-state index is -4.77. The zero-order valence-corrected chi connectivity index (χ0v) is 15.2. The van der Waals surface area contributed by atoms with E-state index < -0.39 is 35.2 Å². The van der Waals surface area contributed by atoms with Crippen molar-refractivity contribution in [3.8, 4) is 5.69 Å². The molecule has 28 heavy (non-hydrogen) atoms. The number of aromatic nitrogens is 2. The molecule has 1 fully saturated rings. The number of hydrogen-bond acceptors (Lipinski definition) is 3. The topological polar surface area (TPSA) is 84.2 Å². The minimum Gasteiger partial charge on any atom is -0.481 e. The first-order chi connectivity index (χ1) is 13.2. The number of nitrogens with one attached hydrogen (secondary N) is 1. The first-order valence-electron chi connectivity index (χ1n) is 8.92. The molecule has 2 aromatic rings. The predicted molar refractivity (Wildman–Crippen MR) is 94.2 cm³/mol. The predicted octanol–water partition coefficient (Wildman–Crippen LogP) is 3.57. The van der Waals surface area contributed by atoms with Crippen LogP contribution in [-0.4, -0.2) is 32.8 Å². The molecule has 0 radical (unpaired) electrons. The molecule has 150 valence electrons. The quantitative estimate of drug-likeness (QED) is 0.829. The summed E-state index contributed by atoms with van der Waals surface area (Å²) >= 11 is 0. The van der Waals surface area contributed by atoms with Crippen LogP contribution in [0.15, 0.2) is 30.5 Å². The molecule has 0 saturated heterocycles. The van der Waals surface area contributed by atoms with Crippen LogP contribution in [-0.2, 0) is 11.0 Å². The molecular formula is C19H20F3N3O3. The Hall–Kier alpha value is -2.84. The zero-order chi connectivity index (χ0) is 20.5. The molecular weight excluding hydrogens is 375 g/mol. The zero-order valence-electron chi connectivity index (χ0n) is 15.2. The van der Waals surface area contributed by atoms with Crippen molar-refractivity contribution in [3.05, 3.63) is 47.3 Å². The number of carbonyl (C=O) groups excluding carboxylic acids is 1. The van der Waals surface area contributed by atoms with Gasteiger partial charge in [0, 0.05) is 6.04 Å². The fourth-order valence-corrected chi connectivity index (χ4v) is 3.49. The van der Waals surface area contributed by atoms with Crippen LogP contribution in [0.4, 0.5) is 13.2 Å². The number of aliphatic carboxylic acids is 1. The maximum Gasteiger partial charge on any atom is 0.434 e. The molecule has 1 aromatic carbocycles. The highest BCUT2D eigenvalue weighted by atomic mass is 19.4. The SMILES string of the molecule is Cc1cccc(-n2ncc(C(=O)NC3CCC(C(=O)O)CC3)c2C(F)(F)F)c1. The second kappa shape index (κ2) is 7.65. The fourth-order valence-electron chi connectivity index (χ4n) is 3.49. The molecule has 0 aliphatic heterocycles. The molecule has 1 saturated carbocycles. The molecule has 0 spiro atoms. The van der Waals surface area contributed by atoms with Gasteiger partial charge in [-0.15, -0.1) is 0 Å². The smallest absolute Gasteiger partial charge is 0.434 e. The fraction of sp³-hybridized carbons (Fsp3) is 0.421. The van der Waals surface area contributed by atoms with Gasteiger partial charge in [-0.1, -0.05) is 12.1 Å². The summed E-state index contributed by atoms with van der Waals surface area (Å²) in [5, 5.41) is 15.4. The van der Waals surface area contributed by atoms with E-state index in [9.17, 15) is 22.8 Å². The lowest BCUT2D eigenvalue weighted by Crippen LogP contribution is -2.39. The molecule has 0 bridgehead atoms. The van der Waals surface area contributed by atoms with Crippen LogP contribution in [0.5, 0.6) is 0 Å². The van der Waals surface area contributed by atoms with Gasteiger partial charge in [0.2, 0.25) is 0 Å². The van der Waals surface area contributed by atoms with Crippen LogP contribution in [0.25, 0.3) is 5.69 Å². The molecule has 2 N–H and O–H groups in total. The Labute approximate surface area is 159 Å². The number of halogens is 3. The maximum atomic E-state index is 13.7. The lowest BCUT2D eigenvalue weighted by molar-refractivity contribution is -0.144. The third-order valence-corrected chi connectivity index (χ3v) is 4.94. The minimum absolute atomic E-state index is 0.216. The van der Waals surface area contributed by atoms with E-state index >= 15 is 0 Å². The summed E-state index contributed by atoms with van der Waals surface area (Å²) in [6.07, 6.45) is -2.26. The highest BCUT2D eigenvalue weighted by Crippen LogP contribution is 2.34. The third kappa shape index (κ3) is 4.18. The van der Waals surface area contributed by atoms with Gasteiger partial charge in [-0.25, -0.2) is 4.68 Å². The van der Waals surface area contributed by atoms with E-state index in [4.69, 9.17) is 5.11 Å². The Balaban J connectivity index is 1.84. The van der Waals surface area contributed by atoms with Gasteiger partial charge in [0.1, 0.15) is 0 Å². The summed E-state index contributed by atoms with van der Waals surface area (Å²) in [5.41, 5.74) is -0.695. The van der Waals surface area contributed by atoms with Gasteiger partial charge in [0.15, 0.2) is 5.69 Å². The summed E-state index contributed by atoms with van der Waals surface area (Å²) in [4.78, 5) is 23.5. The number of carboxylic acids is 1. The first-order valence-corrected chi connectivity index (χ1v) is 8.92. The van der Waals surface area contributed by atoms with Crippen molar-refractivity contribution in [2.24, 2.45) is 5.92 Å². The first kappa shape index (κ1) is 19.9. The van der Waals surface area contributed by atoms with E-state index in [1.54, 1.807) is 25.1 Å². The Kier molecular flexibility index (Phi) is 5.44. The molecule has 0 atom stereocenters. The van der Waals surface area contributed by atoms with E-state index in [1.165, 1.54) is 6.07 Å². The maximum absolute atomic E-state index is 13.7. The van der Waals surface area contributed by atoms with Crippen molar-refractivity contribution in [1.82, 2.24) is 15.1 Å². The number of carboxylic acid groups (broad SMARTS) is 1. The monoisotopic (exact) mass is 395 g/mol. The molecule has 3 rings (SSSR count). The number of carbonyl (C=O) groups is 2. The molecule has 0 unspecified atom stereocenters. The third-order valence-electron chi connectivity index (χ3n) is 4.94. The van der Waals surface area contributed by atoms with Gasteiger partial charge in [0.25, 0.3) is 5.91 Å². The van der Waals surface area contributed by atoms with Gasteiger partial charge in [0.05, 0.1) is 23.4 Å². The van der Waals surface area contributed by atoms with Crippen LogP contribution >= 0.6 is 0 Å². The lowest BCUT2D eigenvalue weighted by atomic mass is 9.86. The lowest BCUT2D eigenvalue weighted by Gasteiger charge is -2.26. The highest BCUT2D eigenvalue weighted by molar-refractivity contribution is 5.95. The molecule has 1 heterocycles. The van der Waals surface area contributed by atoms with E-state index in [0.717, 1.165) is 16.4 Å². The van der Waals surface area contributed by atoms with Gasteiger partial charge >= 0.3 is 12.1 Å². The van der Waals surface area contributed by atoms with Gasteiger partial charge in [-0.2, -0.15) is 18.3 Å². The summed E-state index contributed by atoms with van der Waals surface area (Å²) in [5.74, 6) is -2.21. The Morgan fingerprint density at radius 1 is 1.21 bits per heavy atom. The van der Waals surface area contributed by atoms with Gasteiger partial charge in [-0.05, 0) is 50.3 Å². The second-order valence-corrected chi connectivity index (χ2v) is 7.02. The molecule has 9 heteroatoms. The van der Waals surface area contributed by atoms with E-state index in [2.05, 4.69) is 10.4 Å². The Bertz CT molecular complexity index is 884. The number of alkyl halides is 3. The highest BCUT2D eigenvalue weighted by Gasteiger charge is 2.41. The number of benzene rings is 1. The van der Waals surface area contributed by atoms with Crippen molar-refractivity contribution >= 4 is 11.9 Å². The van der Waals surface area contributed by atoms with Crippen LogP contribution in [0, 0.1) is 12.8 Å². The standard InChI is InChI=1S/C19H20F3N3O3/c1-11-3-2-4-14(9-11)25-16(19(20,21)22)15(10-23-25)17(26)24-13-7-5-12(6-8-13)18(27)28/h2-4,9-10,12-13H,5-8H2,1H3,(H,24,26)(H,27,28). The van der Waals surface area contributed by atoms with Gasteiger partial charge < -0.3 is 10.4 Å². The number of aryl methyl sites for hydroxylation is 1. The average molecular weight is 395 g/mol. The molecule has 1 aromatic heterocycles. The van der Waals surface area contributed by atoms with Crippen molar-refractivity contribution in [2.45, 2.75) is 44.8 Å². The van der Waals surface area contributed by atoms with Crippen LogP contribution in [0.2, 0.25) is 0 Å². The molecule has 1 aliphatic rings. The second-order valence-electron chi connectivity index (χ2n) is 7.02. The summed E-state index contributed by atoms with van der Waals surface area (Å²) in [7, 11) is 0. The number of nitrogens with zero attached hydrogens (tertiary/aromatic N) is 2. The van der Waals surface area contributed by atoms with E-state index in [-0.39, 0.29) is 11.7 Å². The van der Waals surface area contributed by atoms with E-state index in [1.807, 2.05) is 0 Å². The largest absolute Gasteiger partial charge is 0.481 e. The Morgan fingerprint density at radius 2 is 1.89 bits per heavy atom. The van der Waals surface area contributed by atoms with Crippen molar-refractivity contribution in [1.29, 1.82) is 0 Å². The molecule has 1 amide bonds. The summed E-state index contributed by atoms with van der Waals surface area (Å²) < 4.78 is 41.8. The van der Waals surface area contributed by atoms with E-state index in [0.29, 0.717) is 25.7 Å². The van der Waals surface area contributed by atoms with Crippen LogP contribution < -0.4 is 5.32 Å². The molecule has 6 nitrogen and oxygen atoms in total. The van der Waals surface area contributed by atoms with Gasteiger partial charge in [-0.3, -0.25) is 9.59 Å². The number of hydrogen-bond donors (Lipinski definition) is 2. The number of rotatable bonds is 4.